The van der Waals surface area contributed by atoms with Gasteiger partial charge in [-0.2, -0.15) is 0 Å². The monoisotopic (exact) mass is 507 g/mol. The van der Waals surface area contributed by atoms with Crippen LogP contribution in [0.15, 0.2) is 12.7 Å². The zero-order chi connectivity index (χ0) is 26.1. The highest BCUT2D eigenvalue weighted by Crippen LogP contribution is 2.43. The molecule has 0 radical (unpaired) electrons. The molecular formula is C23H37N5O6Si. The van der Waals surface area contributed by atoms with Crippen LogP contribution in [0, 0.1) is 0 Å². The zero-order valence-electron chi connectivity index (χ0n) is 21.7. The Morgan fingerprint density at radius 2 is 1.57 bits per heavy atom. The number of fused-ring (bicyclic) bond motifs is 1. The highest BCUT2D eigenvalue weighted by Gasteiger charge is 2.53. The van der Waals surface area contributed by atoms with Crippen molar-refractivity contribution in [2.45, 2.75) is 96.6 Å². The van der Waals surface area contributed by atoms with E-state index in [-0.39, 0.29) is 12.4 Å². The number of esters is 2. The van der Waals surface area contributed by atoms with Gasteiger partial charge in [-0.25, -0.2) is 15.0 Å². The Balaban J connectivity index is 2.01. The SMILES string of the molecule is CC(=O)OC1C(CO[Si](C(C)C)(C(C)C)C(C)C)O[C@@H](n2cnc3c(N)ncnc32)[C@H]1OC(C)=O. The maximum atomic E-state index is 12.0. The summed E-state index contributed by atoms with van der Waals surface area (Å²) >= 11 is 0. The second kappa shape index (κ2) is 10.6. The summed E-state index contributed by atoms with van der Waals surface area (Å²) in [5, 5.41) is 0. The average Bonchev–Trinajstić information content (AvgIpc) is 3.30. The van der Waals surface area contributed by atoms with Crippen molar-refractivity contribution >= 4 is 37.2 Å². The lowest BCUT2D eigenvalue weighted by Crippen LogP contribution is -2.50. The minimum atomic E-state index is -2.24. The summed E-state index contributed by atoms with van der Waals surface area (Å²) in [6.07, 6.45) is -0.523. The number of carbonyl (C=O) groups is 2. The molecule has 4 atom stereocenters. The summed E-state index contributed by atoms with van der Waals surface area (Å²) in [4.78, 5) is 36.6. The van der Waals surface area contributed by atoms with Crippen LogP contribution in [0.4, 0.5) is 5.82 Å². The molecule has 1 aliphatic rings. The van der Waals surface area contributed by atoms with Crippen molar-refractivity contribution in [1.29, 1.82) is 0 Å². The van der Waals surface area contributed by atoms with E-state index in [1.807, 2.05) is 0 Å². The Morgan fingerprint density at radius 3 is 2.11 bits per heavy atom. The highest BCUT2D eigenvalue weighted by molar-refractivity contribution is 6.77. The summed E-state index contributed by atoms with van der Waals surface area (Å²) in [6.45, 7) is 16.0. The third-order valence-corrected chi connectivity index (χ3v) is 12.8. The van der Waals surface area contributed by atoms with Crippen molar-refractivity contribution < 1.29 is 28.2 Å². The first-order chi connectivity index (χ1) is 16.4. The van der Waals surface area contributed by atoms with Gasteiger partial charge in [0.05, 0.1) is 12.9 Å². The summed E-state index contributed by atoms with van der Waals surface area (Å²) < 4.78 is 26.0. The van der Waals surface area contributed by atoms with E-state index in [9.17, 15) is 9.59 Å². The Hall–Kier alpha value is -2.57. The van der Waals surface area contributed by atoms with Crippen molar-refractivity contribution in [1.82, 2.24) is 19.5 Å². The summed E-state index contributed by atoms with van der Waals surface area (Å²) in [5.74, 6) is -0.825. The first-order valence-electron chi connectivity index (χ1n) is 12.0. The van der Waals surface area contributed by atoms with Gasteiger partial charge in [0.15, 0.2) is 38.2 Å². The topological polar surface area (TPSA) is 141 Å². The normalized spacial score (nSPS) is 22.9. The number of rotatable bonds is 9. The molecule has 2 aromatic rings. The van der Waals surface area contributed by atoms with Gasteiger partial charge in [-0.3, -0.25) is 14.2 Å². The molecule has 11 nitrogen and oxygen atoms in total. The van der Waals surface area contributed by atoms with Crippen LogP contribution >= 0.6 is 0 Å². The van der Waals surface area contributed by atoms with Crippen LogP contribution in [-0.4, -0.2) is 64.7 Å². The molecule has 0 spiro atoms. The van der Waals surface area contributed by atoms with E-state index in [4.69, 9.17) is 24.4 Å². The molecule has 2 N–H and O–H groups in total. The Kier molecular flexibility index (Phi) is 8.17. The quantitative estimate of drug-likeness (QED) is 0.397. The molecule has 1 fully saturated rings. The Labute approximate surface area is 206 Å². The van der Waals surface area contributed by atoms with E-state index in [0.717, 1.165) is 0 Å². The van der Waals surface area contributed by atoms with Crippen LogP contribution in [0.1, 0.15) is 61.6 Å². The van der Waals surface area contributed by atoms with Crippen LogP contribution in [0.2, 0.25) is 16.6 Å². The first-order valence-corrected chi connectivity index (χ1v) is 14.1. The average molecular weight is 508 g/mol. The lowest BCUT2D eigenvalue weighted by Gasteiger charge is -2.42. The number of carbonyl (C=O) groups excluding carboxylic acids is 2. The molecule has 2 unspecified atom stereocenters. The van der Waals surface area contributed by atoms with Gasteiger partial charge >= 0.3 is 11.9 Å². The highest BCUT2D eigenvalue weighted by atomic mass is 28.4. The van der Waals surface area contributed by atoms with E-state index in [0.29, 0.717) is 27.8 Å². The second-order valence-electron chi connectivity index (χ2n) is 9.92. The van der Waals surface area contributed by atoms with Crippen LogP contribution < -0.4 is 5.73 Å². The predicted octanol–water partition coefficient (Wildman–Crippen LogP) is 3.36. The van der Waals surface area contributed by atoms with Crippen LogP contribution in [-0.2, 0) is 28.2 Å². The molecule has 0 amide bonds. The van der Waals surface area contributed by atoms with Crippen molar-refractivity contribution in [2.24, 2.45) is 0 Å². The number of hydrogen-bond donors (Lipinski definition) is 1. The molecule has 3 rings (SSSR count). The van der Waals surface area contributed by atoms with E-state index in [1.165, 1.54) is 26.5 Å². The van der Waals surface area contributed by atoms with Gasteiger partial charge in [-0.15, -0.1) is 0 Å². The van der Waals surface area contributed by atoms with Gasteiger partial charge in [0.25, 0.3) is 0 Å². The fraction of sp³-hybridized carbons (Fsp3) is 0.696. The fourth-order valence-electron chi connectivity index (χ4n) is 5.50. The number of imidazole rings is 1. The molecule has 12 heteroatoms. The molecule has 0 bridgehead atoms. The molecule has 2 aromatic heterocycles. The van der Waals surface area contributed by atoms with Gasteiger partial charge in [0, 0.05) is 13.8 Å². The Bertz CT molecular complexity index is 1040. The van der Waals surface area contributed by atoms with Crippen molar-refractivity contribution in [3.63, 3.8) is 0 Å². The zero-order valence-corrected chi connectivity index (χ0v) is 22.7. The molecule has 194 valence electrons. The molecule has 3 heterocycles. The summed E-state index contributed by atoms with van der Waals surface area (Å²) in [6, 6.07) is 0. The number of anilines is 1. The van der Waals surface area contributed by atoms with E-state index in [2.05, 4.69) is 56.5 Å². The van der Waals surface area contributed by atoms with E-state index >= 15 is 0 Å². The molecular weight excluding hydrogens is 470 g/mol. The van der Waals surface area contributed by atoms with Crippen molar-refractivity contribution in [2.75, 3.05) is 12.3 Å². The molecule has 0 aromatic carbocycles. The van der Waals surface area contributed by atoms with Crippen molar-refractivity contribution in [3.8, 4) is 0 Å². The molecule has 1 aliphatic heterocycles. The maximum Gasteiger partial charge on any atom is 0.303 e. The number of hydrogen-bond acceptors (Lipinski definition) is 10. The van der Waals surface area contributed by atoms with Gasteiger partial charge in [-0.05, 0) is 16.6 Å². The minimum Gasteiger partial charge on any atom is -0.456 e. The molecule has 1 saturated heterocycles. The summed E-state index contributed by atoms with van der Waals surface area (Å²) in [7, 11) is -2.24. The number of aromatic nitrogens is 4. The van der Waals surface area contributed by atoms with Gasteiger partial charge in [0.2, 0.25) is 0 Å². The number of nitrogens with two attached hydrogens (primary N) is 1. The van der Waals surface area contributed by atoms with Gasteiger partial charge in [-0.1, -0.05) is 41.5 Å². The van der Waals surface area contributed by atoms with E-state index in [1.54, 1.807) is 4.57 Å². The third kappa shape index (κ3) is 5.19. The number of ether oxygens (including phenoxy) is 3. The van der Waals surface area contributed by atoms with E-state index < -0.39 is 44.8 Å². The molecule has 35 heavy (non-hydrogen) atoms. The second-order valence-corrected chi connectivity index (χ2v) is 15.4. The minimum absolute atomic E-state index is 0.191. The largest absolute Gasteiger partial charge is 0.456 e. The third-order valence-electron chi connectivity index (χ3n) is 6.76. The van der Waals surface area contributed by atoms with Crippen LogP contribution in [0.5, 0.6) is 0 Å². The van der Waals surface area contributed by atoms with Gasteiger partial charge < -0.3 is 24.4 Å². The lowest BCUT2D eigenvalue weighted by atomic mass is 10.1. The number of nitrogens with zero attached hydrogens (tertiary/aromatic N) is 4. The first kappa shape index (κ1) is 27.0. The maximum absolute atomic E-state index is 12.0. The number of nitrogen functional groups attached to an aromatic ring is 1. The Morgan fingerprint density at radius 1 is 1.00 bits per heavy atom. The predicted molar refractivity (Wildman–Crippen MR) is 132 cm³/mol. The van der Waals surface area contributed by atoms with Gasteiger partial charge in [0.1, 0.15) is 17.9 Å². The standard InChI is InChI=1S/C23H37N5O6Si/c1-12(2)35(13(3)4,14(5)6)31-9-17-19(32-15(7)29)20(33-16(8)30)23(34-17)28-11-27-18-21(24)25-10-26-22(18)28/h10-14,17,19-20,23H,9H2,1-8H3,(H2,24,25,26)/t17?,19?,20-,23+/m0/s1. The molecule has 0 aliphatic carbocycles. The van der Waals surface area contributed by atoms with Crippen molar-refractivity contribution in [3.05, 3.63) is 12.7 Å². The smallest absolute Gasteiger partial charge is 0.303 e. The fourth-order valence-corrected chi connectivity index (χ4v) is 11.0. The lowest BCUT2D eigenvalue weighted by molar-refractivity contribution is -0.165. The van der Waals surface area contributed by atoms with Crippen LogP contribution in [0.3, 0.4) is 0 Å². The van der Waals surface area contributed by atoms with Crippen LogP contribution in [0.25, 0.3) is 11.2 Å². The summed E-state index contributed by atoms with van der Waals surface area (Å²) in [5.41, 5.74) is 7.82. The molecule has 0 saturated carbocycles.